The number of hydrogen-bond donors (Lipinski definition) is 0. The van der Waals surface area contributed by atoms with Crippen LogP contribution in [0.2, 0.25) is 43.3 Å². The summed E-state index contributed by atoms with van der Waals surface area (Å²) in [6.45, 7) is -0.734. The molecule has 0 N–H and O–H groups in total. The normalized spacial score (nSPS) is 84.8. The second-order valence-electron chi connectivity index (χ2n) is 12.7. The predicted octanol–water partition coefficient (Wildman–Crippen LogP) is 4.99. The molecule has 4 atom stereocenters. The first-order chi connectivity index (χ1) is 12.0. The van der Waals surface area contributed by atoms with Gasteiger partial charge in [-0.3, -0.25) is 0 Å². The zero-order valence-corrected chi connectivity index (χ0v) is 14.9. The Kier molecular flexibility index (Phi) is 0.449. The molecule has 10 aliphatic heterocycles. The van der Waals surface area contributed by atoms with Crippen molar-refractivity contribution in [1.82, 2.24) is 0 Å². The topological polar surface area (TPSA) is 39.4 Å². The quantitative estimate of drug-likeness (QED) is 0.711. The third kappa shape index (κ3) is 0.161. The van der Waals surface area contributed by atoms with E-state index in [2.05, 4.69) is 0 Å². The fourth-order valence-electron chi connectivity index (χ4n) is 18.5. The van der Waals surface area contributed by atoms with Gasteiger partial charge in [-0.25, -0.2) is 0 Å². The van der Waals surface area contributed by atoms with E-state index in [4.69, 9.17) is 9.15 Å². The summed E-state index contributed by atoms with van der Waals surface area (Å²) in [5.74, 6) is 1.86. The Balaban J connectivity index is 1.27. The molecule has 4 heteroatoms. The van der Waals surface area contributed by atoms with Crippen molar-refractivity contribution in [1.29, 1.82) is 0 Å². The van der Waals surface area contributed by atoms with E-state index >= 15 is 0 Å². The van der Waals surface area contributed by atoms with Crippen LogP contribution in [0.25, 0.3) is 11.0 Å². The molecule has 4 unspecified atom stereocenters. The third-order valence-corrected chi connectivity index (χ3v) is 59.4. The minimum atomic E-state index is -3.27. The summed E-state index contributed by atoms with van der Waals surface area (Å²) in [6, 6.07) is 7.78. The van der Waals surface area contributed by atoms with Gasteiger partial charge in [0.05, 0.1) is 0 Å². The SMILES string of the molecule is CCOc1cccc2oc([C]34[CH]5[CH]6[CH]7[CH]3[Fe]6754389%10[CH]4[CH]3[CH]8[CH]9[CH]4%10)cc(=O)c12. The maximum atomic E-state index is 13.1. The van der Waals surface area contributed by atoms with Crippen LogP contribution >= 0.6 is 0 Å². The van der Waals surface area contributed by atoms with Gasteiger partial charge in [0.2, 0.25) is 0 Å². The fraction of sp³-hybridized carbons (Fsp3) is 0.571. The van der Waals surface area contributed by atoms with Crippen molar-refractivity contribution < 1.29 is 15.7 Å². The van der Waals surface area contributed by atoms with Gasteiger partial charge in [0.15, 0.2) is 0 Å². The molecule has 0 bridgehead atoms. The minimum absolute atomic E-state index is 0.135. The average molecular weight is 374 g/mol. The average Bonchev–Trinajstić information content (AvgIpc) is 3.54. The third-order valence-electron chi connectivity index (χ3n) is 17.1. The molecule has 10 saturated heterocycles. The van der Waals surface area contributed by atoms with Crippen LogP contribution in [0.1, 0.15) is 12.7 Å². The van der Waals surface area contributed by atoms with E-state index in [1.807, 2.05) is 31.2 Å². The Bertz CT molecular complexity index is 1540. The molecule has 10 aliphatic rings. The molecule has 0 saturated carbocycles. The van der Waals surface area contributed by atoms with E-state index < -0.39 is 6.51 Å². The zero-order chi connectivity index (χ0) is 15.8. The second-order valence-corrected chi connectivity index (χ2v) is 36.3. The molecule has 3 nitrogen and oxygen atoms in total. The molecule has 0 radical (unpaired) electrons. The maximum absolute atomic E-state index is 13.1. The van der Waals surface area contributed by atoms with Crippen LogP contribution in [0.3, 0.4) is 0 Å². The Hall–Kier alpha value is -1.25. The Morgan fingerprint density at radius 3 is 2.28 bits per heavy atom. The van der Waals surface area contributed by atoms with Crippen LogP contribution in [0.4, 0.5) is 0 Å². The molecule has 128 valence electrons. The van der Waals surface area contributed by atoms with Crippen molar-refractivity contribution in [2.24, 2.45) is 0 Å². The van der Waals surface area contributed by atoms with Crippen LogP contribution in [0, 0.1) is 0 Å². The van der Waals surface area contributed by atoms with E-state index in [0.717, 1.165) is 15.2 Å². The number of hydrogen-bond acceptors (Lipinski definition) is 3. The monoisotopic (exact) mass is 374 g/mol. The second kappa shape index (κ2) is 1.10. The molecule has 0 amide bonds. The van der Waals surface area contributed by atoms with Gasteiger partial charge < -0.3 is 0 Å². The van der Waals surface area contributed by atoms with Crippen LogP contribution in [0.5, 0.6) is 5.75 Å². The van der Waals surface area contributed by atoms with Crippen molar-refractivity contribution >= 4 is 11.0 Å². The van der Waals surface area contributed by atoms with Crippen molar-refractivity contribution in [2.45, 2.75) is 54.6 Å². The molecular weight excluding hydrogens is 356 g/mol. The Morgan fingerprint density at radius 2 is 1.76 bits per heavy atom. The molecular formula is C21H18FeO3. The van der Waals surface area contributed by atoms with Gasteiger partial charge >= 0.3 is 134 Å². The summed E-state index contributed by atoms with van der Waals surface area (Å²) < 4.78 is 12.8. The number of ether oxygens (including phenoxy) is 1. The molecule has 25 heavy (non-hydrogen) atoms. The molecule has 10 fully saturated rings. The summed E-state index contributed by atoms with van der Waals surface area (Å²) >= 11 is 0. The molecule has 1 spiro atoms. The Labute approximate surface area is 134 Å². The van der Waals surface area contributed by atoms with Gasteiger partial charge in [-0.1, -0.05) is 0 Å². The van der Waals surface area contributed by atoms with Crippen molar-refractivity contribution in [3.8, 4) is 5.75 Å². The van der Waals surface area contributed by atoms with Crippen LogP contribution < -0.4 is 10.2 Å². The summed E-state index contributed by atoms with van der Waals surface area (Å²) in [7, 11) is 0. The van der Waals surface area contributed by atoms with Gasteiger partial charge in [0, 0.05) is 0 Å². The first-order valence-electron chi connectivity index (χ1n) is 9.89. The first-order valence-corrected chi connectivity index (χ1v) is 16.2. The van der Waals surface area contributed by atoms with Crippen LogP contribution in [0.15, 0.2) is 33.5 Å². The predicted molar refractivity (Wildman–Crippen MR) is 89.1 cm³/mol. The molecule has 2 aromatic rings. The standard InChI is InChI=1S/C16H13O3.C5H5.Fe/c1-2-18-13-8-5-9-14-16(13)12(17)10-15(19-14)11-6-3-4-7-11;1-2-4-5-3-1;/h3-10H,2H2,1H3;1-5H;. The number of fused-ring (bicyclic) bond motifs is 11. The molecule has 12 rings (SSSR count). The van der Waals surface area contributed by atoms with Crippen LogP contribution in [-0.4, -0.2) is 6.61 Å². The molecule has 11 heterocycles. The van der Waals surface area contributed by atoms with Gasteiger partial charge in [0.1, 0.15) is 0 Å². The fourth-order valence-corrected chi connectivity index (χ4v) is 92.4. The summed E-state index contributed by atoms with van der Waals surface area (Å²) in [4.78, 5) is 24.1. The van der Waals surface area contributed by atoms with Crippen molar-refractivity contribution in [2.75, 3.05) is 6.61 Å². The van der Waals surface area contributed by atoms with Crippen molar-refractivity contribution in [3.05, 3.63) is 40.2 Å². The van der Waals surface area contributed by atoms with Gasteiger partial charge in [0.25, 0.3) is 0 Å². The van der Waals surface area contributed by atoms with Crippen molar-refractivity contribution in [3.63, 3.8) is 0 Å². The summed E-state index contributed by atoms with van der Waals surface area (Å²) in [5, 5.41) is 0.653. The zero-order valence-electron chi connectivity index (χ0n) is 13.8. The van der Waals surface area contributed by atoms with Gasteiger partial charge in [-0.05, 0) is 0 Å². The van der Waals surface area contributed by atoms with E-state index in [0.29, 0.717) is 22.1 Å². The van der Waals surface area contributed by atoms with Gasteiger partial charge in [-0.15, -0.1) is 0 Å². The van der Waals surface area contributed by atoms with Crippen LogP contribution in [-0.2, 0) is 10.8 Å². The number of rotatable bonds is 3. The van der Waals surface area contributed by atoms with E-state index in [9.17, 15) is 4.79 Å². The molecule has 1 aromatic carbocycles. The van der Waals surface area contributed by atoms with E-state index in [1.54, 1.807) is 0 Å². The van der Waals surface area contributed by atoms with E-state index in [-0.39, 0.29) is 5.43 Å². The summed E-state index contributed by atoms with van der Waals surface area (Å²) in [5.41, 5.74) is 0.903. The number of benzene rings is 1. The summed E-state index contributed by atoms with van der Waals surface area (Å²) in [6.07, 6.45) is 0. The van der Waals surface area contributed by atoms with Gasteiger partial charge in [-0.2, -0.15) is 0 Å². The Morgan fingerprint density at radius 1 is 1.08 bits per heavy atom. The first kappa shape index (κ1) is 10.2. The molecule has 0 aliphatic carbocycles. The molecule has 1 aromatic heterocycles. The van der Waals surface area contributed by atoms with E-state index in [1.165, 1.54) is 39.5 Å².